The predicted molar refractivity (Wildman–Crippen MR) is 71.6 cm³/mol. The van der Waals surface area contributed by atoms with Gasteiger partial charge in [-0.25, -0.2) is 0 Å². The van der Waals surface area contributed by atoms with Crippen LogP contribution in [0, 0.1) is 5.92 Å². The van der Waals surface area contributed by atoms with Gasteiger partial charge in [-0.15, -0.1) is 0 Å². The lowest BCUT2D eigenvalue weighted by molar-refractivity contribution is 0.143. The average Bonchev–Trinajstić information content (AvgIpc) is 2.25. The molecule has 0 aromatic carbocycles. The van der Waals surface area contributed by atoms with Crippen molar-refractivity contribution in [2.45, 2.75) is 71.4 Å². The highest BCUT2D eigenvalue weighted by Crippen LogP contribution is 2.23. The van der Waals surface area contributed by atoms with Crippen LogP contribution >= 0.6 is 0 Å². The topological polar surface area (TPSA) is 29.3 Å². The van der Waals surface area contributed by atoms with Gasteiger partial charge < -0.3 is 10.6 Å². The van der Waals surface area contributed by atoms with Gasteiger partial charge in [-0.3, -0.25) is 0 Å². The maximum absolute atomic E-state index is 5.97. The van der Waals surface area contributed by atoms with Gasteiger partial charge in [-0.05, 0) is 57.5 Å². The summed E-state index contributed by atoms with van der Waals surface area (Å²) < 4.78 is 0. The molecule has 0 aromatic rings. The molecule has 0 atom stereocenters. The summed E-state index contributed by atoms with van der Waals surface area (Å²) in [7, 11) is 0. The molecule has 2 heteroatoms. The highest BCUT2D eigenvalue weighted by Gasteiger charge is 2.23. The van der Waals surface area contributed by atoms with Crippen molar-refractivity contribution >= 4 is 0 Å². The van der Waals surface area contributed by atoms with Crippen molar-refractivity contribution in [3.63, 3.8) is 0 Å². The molecule has 2 N–H and O–H groups in total. The third-order valence-electron chi connectivity index (χ3n) is 3.76. The van der Waals surface area contributed by atoms with E-state index in [0.29, 0.717) is 6.04 Å². The van der Waals surface area contributed by atoms with E-state index in [-0.39, 0.29) is 0 Å². The molecule has 0 aromatic heterocycles. The predicted octanol–water partition coefficient (Wildman–Crippen LogP) is 3.01. The molecule has 0 radical (unpaired) electrons. The van der Waals surface area contributed by atoms with E-state index in [2.05, 4.69) is 25.7 Å². The zero-order chi connectivity index (χ0) is 12.0. The molecular weight excluding hydrogens is 196 g/mol. The quantitative estimate of drug-likeness (QED) is 0.754. The maximum atomic E-state index is 5.97. The van der Waals surface area contributed by atoms with Crippen molar-refractivity contribution in [1.82, 2.24) is 4.90 Å². The largest absolute Gasteiger partial charge is 0.328 e. The molecule has 0 saturated heterocycles. The van der Waals surface area contributed by atoms with Crippen molar-refractivity contribution in [2.24, 2.45) is 11.7 Å². The number of nitrogens with two attached hydrogens (primary N) is 1. The molecule has 0 spiro atoms. The first-order chi connectivity index (χ1) is 7.63. The smallest absolute Gasteiger partial charge is 0.00964 e. The molecule has 0 bridgehead atoms. The fourth-order valence-electron chi connectivity index (χ4n) is 2.65. The highest BCUT2D eigenvalue weighted by molar-refractivity contribution is 4.81. The van der Waals surface area contributed by atoms with Crippen LogP contribution in [0.3, 0.4) is 0 Å². The molecule has 1 aliphatic carbocycles. The number of hydrogen-bond acceptors (Lipinski definition) is 2. The van der Waals surface area contributed by atoms with Gasteiger partial charge in [0.05, 0.1) is 0 Å². The third-order valence-corrected chi connectivity index (χ3v) is 3.76. The van der Waals surface area contributed by atoms with Crippen molar-refractivity contribution in [2.75, 3.05) is 13.1 Å². The fraction of sp³-hybridized carbons (Fsp3) is 1.00. The SMILES string of the molecule is CCCN(CCC(C)C)C1CCC(N)CC1. The van der Waals surface area contributed by atoms with Crippen molar-refractivity contribution in [3.05, 3.63) is 0 Å². The van der Waals surface area contributed by atoms with Crippen LogP contribution in [0.4, 0.5) is 0 Å². The minimum atomic E-state index is 0.477. The second-order valence-electron chi connectivity index (χ2n) is 5.79. The normalized spacial score (nSPS) is 26.6. The van der Waals surface area contributed by atoms with E-state index in [9.17, 15) is 0 Å². The summed E-state index contributed by atoms with van der Waals surface area (Å²) in [4.78, 5) is 2.71. The summed E-state index contributed by atoms with van der Waals surface area (Å²) in [5, 5.41) is 0. The molecule has 1 saturated carbocycles. The van der Waals surface area contributed by atoms with Gasteiger partial charge in [0, 0.05) is 12.1 Å². The van der Waals surface area contributed by atoms with Crippen LogP contribution in [0.15, 0.2) is 0 Å². The monoisotopic (exact) mass is 226 g/mol. The maximum Gasteiger partial charge on any atom is 0.00964 e. The number of nitrogens with zero attached hydrogens (tertiary/aromatic N) is 1. The van der Waals surface area contributed by atoms with Gasteiger partial charge in [-0.1, -0.05) is 20.8 Å². The second kappa shape index (κ2) is 7.29. The Morgan fingerprint density at radius 3 is 2.25 bits per heavy atom. The molecule has 16 heavy (non-hydrogen) atoms. The Morgan fingerprint density at radius 2 is 1.75 bits per heavy atom. The van der Waals surface area contributed by atoms with Crippen LogP contribution in [0.1, 0.15) is 59.3 Å². The van der Waals surface area contributed by atoms with E-state index in [1.165, 1.54) is 51.6 Å². The summed E-state index contributed by atoms with van der Waals surface area (Å²) in [6, 6.07) is 1.29. The number of hydrogen-bond donors (Lipinski definition) is 1. The van der Waals surface area contributed by atoms with Crippen LogP contribution in [-0.4, -0.2) is 30.1 Å². The lowest BCUT2D eigenvalue weighted by Crippen LogP contribution is -2.42. The molecule has 1 aliphatic rings. The zero-order valence-corrected chi connectivity index (χ0v) is 11.4. The number of rotatable bonds is 6. The minimum absolute atomic E-state index is 0.477. The molecule has 2 nitrogen and oxygen atoms in total. The Hall–Kier alpha value is -0.0800. The molecule has 0 amide bonds. The van der Waals surface area contributed by atoms with Crippen molar-refractivity contribution in [3.8, 4) is 0 Å². The van der Waals surface area contributed by atoms with Crippen LogP contribution in [0.5, 0.6) is 0 Å². The molecule has 0 heterocycles. The summed E-state index contributed by atoms with van der Waals surface area (Å²) in [6.45, 7) is 9.48. The van der Waals surface area contributed by atoms with Gasteiger partial charge in [0.2, 0.25) is 0 Å². The standard InChI is InChI=1S/C14H30N2/c1-4-10-16(11-9-12(2)3)14-7-5-13(15)6-8-14/h12-14H,4-11,15H2,1-3H3. The first kappa shape index (κ1) is 14.0. The minimum Gasteiger partial charge on any atom is -0.328 e. The third kappa shape index (κ3) is 4.84. The fourth-order valence-corrected chi connectivity index (χ4v) is 2.65. The molecular formula is C14H30N2. The van der Waals surface area contributed by atoms with E-state index in [1.807, 2.05) is 0 Å². The van der Waals surface area contributed by atoms with Gasteiger partial charge in [0.1, 0.15) is 0 Å². The lowest BCUT2D eigenvalue weighted by Gasteiger charge is -2.36. The Bertz CT molecular complexity index is 172. The van der Waals surface area contributed by atoms with Gasteiger partial charge in [-0.2, -0.15) is 0 Å². The molecule has 0 unspecified atom stereocenters. The van der Waals surface area contributed by atoms with Crippen LogP contribution in [0.2, 0.25) is 0 Å². The van der Waals surface area contributed by atoms with E-state index in [1.54, 1.807) is 0 Å². The van der Waals surface area contributed by atoms with Gasteiger partial charge in [0.15, 0.2) is 0 Å². The molecule has 1 fully saturated rings. The lowest BCUT2D eigenvalue weighted by atomic mass is 9.90. The second-order valence-corrected chi connectivity index (χ2v) is 5.79. The van der Waals surface area contributed by atoms with Crippen molar-refractivity contribution in [1.29, 1.82) is 0 Å². The summed E-state index contributed by atoms with van der Waals surface area (Å²) >= 11 is 0. The van der Waals surface area contributed by atoms with E-state index in [4.69, 9.17) is 5.73 Å². The Kier molecular flexibility index (Phi) is 6.37. The molecule has 96 valence electrons. The van der Waals surface area contributed by atoms with Gasteiger partial charge >= 0.3 is 0 Å². The Morgan fingerprint density at radius 1 is 1.12 bits per heavy atom. The molecule has 1 rings (SSSR count). The first-order valence-electron chi connectivity index (χ1n) is 7.13. The van der Waals surface area contributed by atoms with E-state index < -0.39 is 0 Å². The van der Waals surface area contributed by atoms with Crippen LogP contribution in [-0.2, 0) is 0 Å². The van der Waals surface area contributed by atoms with Crippen molar-refractivity contribution < 1.29 is 0 Å². The Labute approximate surface area is 102 Å². The molecule has 0 aliphatic heterocycles. The van der Waals surface area contributed by atoms with Crippen LogP contribution < -0.4 is 5.73 Å². The Balaban J connectivity index is 2.36. The van der Waals surface area contributed by atoms with Crippen LogP contribution in [0.25, 0.3) is 0 Å². The summed E-state index contributed by atoms with van der Waals surface area (Å²) in [6.07, 6.45) is 7.71. The first-order valence-corrected chi connectivity index (χ1v) is 7.13. The van der Waals surface area contributed by atoms with E-state index in [0.717, 1.165) is 12.0 Å². The van der Waals surface area contributed by atoms with E-state index >= 15 is 0 Å². The summed E-state index contributed by atoms with van der Waals surface area (Å²) in [5.74, 6) is 0.824. The highest BCUT2D eigenvalue weighted by atomic mass is 15.1. The van der Waals surface area contributed by atoms with Gasteiger partial charge in [0.25, 0.3) is 0 Å². The average molecular weight is 226 g/mol. The zero-order valence-electron chi connectivity index (χ0n) is 11.4. The summed E-state index contributed by atoms with van der Waals surface area (Å²) in [5.41, 5.74) is 5.97.